The Labute approximate surface area is 120 Å². The molecule has 0 aliphatic heterocycles. The molecule has 3 aromatic rings. The maximum absolute atomic E-state index is 13.3. The third-order valence-electron chi connectivity index (χ3n) is 3.46. The molecule has 3 nitrogen and oxygen atoms in total. The maximum Gasteiger partial charge on any atom is 0.134 e. The molecule has 5 heteroatoms. The summed E-state index contributed by atoms with van der Waals surface area (Å²) in [7, 11) is 1.89. The molecular weight excluding hydrogens is 275 g/mol. The fourth-order valence-electron chi connectivity index (χ4n) is 2.40. The Bertz CT molecular complexity index is 721. The van der Waals surface area contributed by atoms with E-state index in [1.807, 2.05) is 19.4 Å². The van der Waals surface area contributed by atoms with Gasteiger partial charge >= 0.3 is 0 Å². The normalized spacial score (nSPS) is 12.9. The smallest absolute Gasteiger partial charge is 0.134 e. The molecule has 0 spiro atoms. The summed E-state index contributed by atoms with van der Waals surface area (Å²) >= 11 is 1.62. The van der Waals surface area contributed by atoms with Crippen LogP contribution in [-0.4, -0.2) is 12.0 Å². The van der Waals surface area contributed by atoms with Gasteiger partial charge in [-0.15, -0.1) is 11.3 Å². The maximum atomic E-state index is 13.3. The summed E-state index contributed by atoms with van der Waals surface area (Å²) in [6, 6.07) is 4.66. The third-order valence-corrected chi connectivity index (χ3v) is 4.26. The van der Waals surface area contributed by atoms with Crippen molar-refractivity contribution in [2.45, 2.75) is 19.4 Å². The summed E-state index contributed by atoms with van der Waals surface area (Å²) in [5.74, 6) is 0.609. The molecule has 0 saturated heterocycles. The standard InChI is InChI=1S/C15H15FN2OS/c1-9-11-7-10(16)3-4-13(11)19-15(9)12(17-2)8-14-18-5-6-20-14/h3-7,12,17H,8H2,1-2H3. The van der Waals surface area contributed by atoms with Crippen molar-refractivity contribution >= 4 is 22.3 Å². The predicted molar refractivity (Wildman–Crippen MR) is 78.5 cm³/mol. The monoisotopic (exact) mass is 290 g/mol. The molecule has 0 amide bonds. The van der Waals surface area contributed by atoms with E-state index >= 15 is 0 Å². The number of benzene rings is 1. The van der Waals surface area contributed by atoms with E-state index in [-0.39, 0.29) is 11.9 Å². The zero-order valence-corrected chi connectivity index (χ0v) is 12.1. The molecule has 20 heavy (non-hydrogen) atoms. The first-order chi connectivity index (χ1) is 9.69. The Hall–Kier alpha value is -1.72. The number of halogens is 1. The molecule has 0 bridgehead atoms. The zero-order chi connectivity index (χ0) is 14.1. The molecule has 2 aromatic heterocycles. The van der Waals surface area contributed by atoms with Gasteiger partial charge in [0.05, 0.1) is 11.0 Å². The first kappa shape index (κ1) is 13.3. The first-order valence-corrected chi connectivity index (χ1v) is 7.31. The fraction of sp³-hybridized carbons (Fsp3) is 0.267. The highest BCUT2D eigenvalue weighted by Crippen LogP contribution is 2.31. The Morgan fingerprint density at radius 2 is 2.30 bits per heavy atom. The quantitative estimate of drug-likeness (QED) is 0.793. The molecule has 3 rings (SSSR count). The number of rotatable bonds is 4. The minimum Gasteiger partial charge on any atom is -0.459 e. The molecule has 2 heterocycles. The van der Waals surface area contributed by atoms with Gasteiger partial charge < -0.3 is 9.73 Å². The number of furan rings is 1. The minimum atomic E-state index is -0.242. The van der Waals surface area contributed by atoms with Crippen LogP contribution in [0.2, 0.25) is 0 Å². The number of fused-ring (bicyclic) bond motifs is 1. The highest BCUT2D eigenvalue weighted by Gasteiger charge is 2.20. The Morgan fingerprint density at radius 3 is 3.00 bits per heavy atom. The van der Waals surface area contributed by atoms with Crippen molar-refractivity contribution in [1.29, 1.82) is 0 Å². The van der Waals surface area contributed by atoms with Crippen molar-refractivity contribution in [3.63, 3.8) is 0 Å². The molecule has 0 saturated carbocycles. The molecule has 104 valence electrons. The van der Waals surface area contributed by atoms with Crippen LogP contribution in [0.1, 0.15) is 22.4 Å². The van der Waals surface area contributed by atoms with Crippen molar-refractivity contribution in [2.75, 3.05) is 7.05 Å². The van der Waals surface area contributed by atoms with E-state index in [2.05, 4.69) is 10.3 Å². The summed E-state index contributed by atoms with van der Waals surface area (Å²) in [4.78, 5) is 4.30. The van der Waals surface area contributed by atoms with E-state index < -0.39 is 0 Å². The van der Waals surface area contributed by atoms with Crippen LogP contribution in [-0.2, 0) is 6.42 Å². The van der Waals surface area contributed by atoms with E-state index in [0.29, 0.717) is 0 Å². The summed E-state index contributed by atoms with van der Waals surface area (Å²) < 4.78 is 19.3. The predicted octanol–water partition coefficient (Wildman–Crippen LogP) is 3.84. The lowest BCUT2D eigenvalue weighted by molar-refractivity contribution is 0.447. The van der Waals surface area contributed by atoms with Gasteiger partial charge in [-0.25, -0.2) is 9.37 Å². The Morgan fingerprint density at radius 1 is 1.45 bits per heavy atom. The van der Waals surface area contributed by atoms with Crippen molar-refractivity contribution in [1.82, 2.24) is 10.3 Å². The lowest BCUT2D eigenvalue weighted by Crippen LogP contribution is -2.19. The topological polar surface area (TPSA) is 38.1 Å². The highest BCUT2D eigenvalue weighted by molar-refractivity contribution is 7.09. The molecule has 1 atom stereocenters. The number of hydrogen-bond acceptors (Lipinski definition) is 4. The van der Waals surface area contributed by atoms with Crippen LogP contribution in [0.3, 0.4) is 0 Å². The van der Waals surface area contributed by atoms with E-state index in [4.69, 9.17) is 4.42 Å². The number of nitrogens with one attached hydrogen (secondary N) is 1. The van der Waals surface area contributed by atoms with Gasteiger partial charge in [-0.3, -0.25) is 0 Å². The van der Waals surface area contributed by atoms with Crippen molar-refractivity contribution in [2.24, 2.45) is 0 Å². The van der Waals surface area contributed by atoms with Crippen LogP contribution in [0.15, 0.2) is 34.2 Å². The molecule has 0 aliphatic rings. The number of thiazole rings is 1. The average molecular weight is 290 g/mol. The molecule has 0 fully saturated rings. The minimum absolute atomic E-state index is 0.0385. The fourth-order valence-corrected chi connectivity index (χ4v) is 3.06. The van der Waals surface area contributed by atoms with Crippen LogP contribution < -0.4 is 5.32 Å². The molecule has 1 N–H and O–H groups in total. The van der Waals surface area contributed by atoms with Gasteiger partial charge in [0.1, 0.15) is 17.2 Å². The SMILES string of the molecule is CNC(Cc1nccs1)c1oc2ccc(F)cc2c1C. The molecule has 1 unspecified atom stereocenters. The van der Waals surface area contributed by atoms with Gasteiger partial charge in [0.25, 0.3) is 0 Å². The number of aromatic nitrogens is 1. The van der Waals surface area contributed by atoms with Crippen LogP contribution in [0.4, 0.5) is 4.39 Å². The molecule has 0 aliphatic carbocycles. The van der Waals surface area contributed by atoms with Crippen LogP contribution in [0.25, 0.3) is 11.0 Å². The zero-order valence-electron chi connectivity index (χ0n) is 11.3. The number of likely N-dealkylation sites (N-methyl/N-ethyl adjacent to an activating group) is 1. The van der Waals surface area contributed by atoms with Crippen LogP contribution >= 0.6 is 11.3 Å². The Balaban J connectivity index is 2.01. The van der Waals surface area contributed by atoms with Crippen molar-refractivity contribution in [3.8, 4) is 0 Å². The summed E-state index contributed by atoms with van der Waals surface area (Å²) in [5.41, 5.74) is 1.70. The molecule has 0 radical (unpaired) electrons. The first-order valence-electron chi connectivity index (χ1n) is 6.43. The summed E-state index contributed by atoms with van der Waals surface area (Å²) in [6.07, 6.45) is 2.56. The number of hydrogen-bond donors (Lipinski definition) is 1. The average Bonchev–Trinajstić information content (AvgIpc) is 3.05. The third kappa shape index (κ3) is 2.34. The molecular formula is C15H15FN2OS. The largest absolute Gasteiger partial charge is 0.459 e. The van der Waals surface area contributed by atoms with Gasteiger partial charge in [-0.05, 0) is 32.2 Å². The summed E-state index contributed by atoms with van der Waals surface area (Å²) in [6.45, 7) is 1.97. The van der Waals surface area contributed by atoms with Gasteiger partial charge in [0, 0.05) is 28.9 Å². The molecule has 1 aromatic carbocycles. The highest BCUT2D eigenvalue weighted by atomic mass is 32.1. The second kappa shape index (κ2) is 5.34. The van der Waals surface area contributed by atoms with Gasteiger partial charge in [0.2, 0.25) is 0 Å². The van der Waals surface area contributed by atoms with Gasteiger partial charge in [0.15, 0.2) is 0 Å². The lowest BCUT2D eigenvalue weighted by atomic mass is 10.1. The van der Waals surface area contributed by atoms with Gasteiger partial charge in [-0.2, -0.15) is 0 Å². The van der Waals surface area contributed by atoms with Crippen LogP contribution in [0, 0.1) is 12.7 Å². The van der Waals surface area contributed by atoms with Crippen molar-refractivity contribution < 1.29 is 8.81 Å². The second-order valence-electron chi connectivity index (χ2n) is 4.70. The number of nitrogens with zero attached hydrogens (tertiary/aromatic N) is 1. The van der Waals surface area contributed by atoms with Crippen LogP contribution in [0.5, 0.6) is 0 Å². The second-order valence-corrected chi connectivity index (χ2v) is 5.68. The van der Waals surface area contributed by atoms with E-state index in [1.54, 1.807) is 23.6 Å². The summed E-state index contributed by atoms with van der Waals surface area (Å²) in [5, 5.41) is 7.10. The number of aryl methyl sites for hydroxylation is 1. The van der Waals surface area contributed by atoms with E-state index in [0.717, 1.165) is 33.7 Å². The van der Waals surface area contributed by atoms with Gasteiger partial charge in [-0.1, -0.05) is 0 Å². The van der Waals surface area contributed by atoms with E-state index in [9.17, 15) is 4.39 Å². The van der Waals surface area contributed by atoms with Crippen molar-refractivity contribution in [3.05, 3.63) is 51.9 Å². The van der Waals surface area contributed by atoms with E-state index in [1.165, 1.54) is 12.1 Å². The lowest BCUT2D eigenvalue weighted by Gasteiger charge is -2.13. The Kier molecular flexibility index (Phi) is 3.54.